The molecule has 1 aliphatic heterocycles. The van der Waals surface area contributed by atoms with E-state index in [1.807, 2.05) is 0 Å². The first-order valence-electron chi connectivity index (χ1n) is 4.72. The highest BCUT2D eigenvalue weighted by atomic mass is 35.5. The van der Waals surface area contributed by atoms with Gasteiger partial charge in [0.05, 0.1) is 15.4 Å². The topological polar surface area (TPSA) is 54.4 Å². The van der Waals surface area contributed by atoms with Crippen LogP contribution in [0, 0.1) is 0 Å². The molecule has 0 aliphatic carbocycles. The van der Waals surface area contributed by atoms with Crippen LogP contribution in [-0.4, -0.2) is 19.1 Å². The lowest BCUT2D eigenvalue weighted by Crippen LogP contribution is -2.25. The van der Waals surface area contributed by atoms with Crippen LogP contribution in [0.4, 0.5) is 0 Å². The van der Waals surface area contributed by atoms with E-state index >= 15 is 0 Å². The van der Waals surface area contributed by atoms with Gasteiger partial charge in [-0.3, -0.25) is 0 Å². The Bertz CT molecular complexity index is 580. The molecule has 0 atom stereocenters. The van der Waals surface area contributed by atoms with E-state index < -0.39 is 15.4 Å². The molecule has 0 spiro atoms. The van der Waals surface area contributed by atoms with Crippen LogP contribution in [0.15, 0.2) is 28.0 Å². The second kappa shape index (κ2) is 3.32. The Hall–Kier alpha value is -0.840. The van der Waals surface area contributed by atoms with Crippen molar-refractivity contribution in [3.8, 4) is 0 Å². The van der Waals surface area contributed by atoms with Crippen molar-refractivity contribution >= 4 is 27.5 Å². The number of aliphatic hydroxyl groups is 1. The van der Waals surface area contributed by atoms with Gasteiger partial charge in [-0.2, -0.15) is 0 Å². The maximum atomic E-state index is 12.1. The molecule has 0 fully saturated rings. The standard InChI is InChI=1S/C11H11ClO3S/c1-11(2,13)10-5-7-3-4-8(12)6-9(7)16(10,14)15/h3-6,13H,1-2H3. The predicted molar refractivity (Wildman–Crippen MR) is 62.9 cm³/mol. The van der Waals surface area contributed by atoms with Crippen molar-refractivity contribution in [3.63, 3.8) is 0 Å². The number of hydrogen-bond donors (Lipinski definition) is 1. The second-order valence-electron chi connectivity index (χ2n) is 4.25. The summed E-state index contributed by atoms with van der Waals surface area (Å²) in [6.45, 7) is 2.90. The van der Waals surface area contributed by atoms with Crippen molar-refractivity contribution in [2.24, 2.45) is 0 Å². The molecule has 1 N–H and O–H groups in total. The van der Waals surface area contributed by atoms with Crippen LogP contribution in [-0.2, 0) is 9.84 Å². The molecule has 0 unspecified atom stereocenters. The molecular weight excluding hydrogens is 248 g/mol. The van der Waals surface area contributed by atoms with Gasteiger partial charge in [-0.1, -0.05) is 17.7 Å². The molecule has 5 heteroatoms. The number of rotatable bonds is 1. The van der Waals surface area contributed by atoms with E-state index in [2.05, 4.69) is 0 Å². The zero-order valence-corrected chi connectivity index (χ0v) is 10.4. The average Bonchev–Trinajstić information content (AvgIpc) is 2.38. The molecule has 0 saturated heterocycles. The lowest BCUT2D eigenvalue weighted by molar-refractivity contribution is 0.129. The summed E-state index contributed by atoms with van der Waals surface area (Å²) in [5.74, 6) is 0. The van der Waals surface area contributed by atoms with Gasteiger partial charge in [0.25, 0.3) is 0 Å². The van der Waals surface area contributed by atoms with Gasteiger partial charge in [0, 0.05) is 5.02 Å². The fourth-order valence-corrected chi connectivity index (χ4v) is 3.84. The van der Waals surface area contributed by atoms with E-state index in [0.29, 0.717) is 10.6 Å². The van der Waals surface area contributed by atoms with Gasteiger partial charge >= 0.3 is 0 Å². The summed E-state index contributed by atoms with van der Waals surface area (Å²) < 4.78 is 24.2. The number of sulfone groups is 1. The first-order valence-corrected chi connectivity index (χ1v) is 6.58. The van der Waals surface area contributed by atoms with E-state index in [-0.39, 0.29) is 9.80 Å². The van der Waals surface area contributed by atoms with E-state index in [1.165, 1.54) is 26.0 Å². The van der Waals surface area contributed by atoms with Crippen molar-refractivity contribution in [2.75, 3.05) is 0 Å². The van der Waals surface area contributed by atoms with Crippen LogP contribution < -0.4 is 0 Å². The molecule has 1 aromatic rings. The van der Waals surface area contributed by atoms with Crippen LogP contribution in [0.25, 0.3) is 6.08 Å². The molecule has 0 aromatic heterocycles. The Labute approximate surface area is 99.3 Å². The molecule has 16 heavy (non-hydrogen) atoms. The van der Waals surface area contributed by atoms with E-state index in [4.69, 9.17) is 11.6 Å². The van der Waals surface area contributed by atoms with Crippen molar-refractivity contribution in [2.45, 2.75) is 24.3 Å². The van der Waals surface area contributed by atoms with Gasteiger partial charge in [0.15, 0.2) is 0 Å². The largest absolute Gasteiger partial charge is 0.385 e. The zero-order chi connectivity index (χ0) is 12.1. The Balaban J connectivity index is 2.70. The summed E-state index contributed by atoms with van der Waals surface area (Å²) in [6.07, 6.45) is 1.49. The summed E-state index contributed by atoms with van der Waals surface area (Å²) in [5, 5.41) is 10.2. The zero-order valence-electron chi connectivity index (χ0n) is 8.86. The summed E-state index contributed by atoms with van der Waals surface area (Å²) >= 11 is 5.76. The van der Waals surface area contributed by atoms with Gasteiger partial charge in [-0.05, 0) is 37.6 Å². The molecule has 3 nitrogen and oxygen atoms in total. The summed E-state index contributed by atoms with van der Waals surface area (Å²) in [7, 11) is -3.60. The smallest absolute Gasteiger partial charge is 0.206 e. The molecule has 0 bridgehead atoms. The Kier molecular flexibility index (Phi) is 2.42. The van der Waals surface area contributed by atoms with E-state index in [1.54, 1.807) is 12.1 Å². The quantitative estimate of drug-likeness (QED) is 0.841. The average molecular weight is 259 g/mol. The minimum Gasteiger partial charge on any atom is -0.385 e. The summed E-state index contributed by atoms with van der Waals surface area (Å²) in [6, 6.07) is 4.66. The van der Waals surface area contributed by atoms with Gasteiger partial charge in [-0.25, -0.2) is 8.42 Å². The third-order valence-corrected chi connectivity index (χ3v) is 4.81. The molecular formula is C11H11ClO3S. The van der Waals surface area contributed by atoms with Crippen LogP contribution >= 0.6 is 11.6 Å². The molecule has 0 amide bonds. The van der Waals surface area contributed by atoms with Gasteiger partial charge in [-0.15, -0.1) is 0 Å². The number of benzene rings is 1. The maximum Gasteiger partial charge on any atom is 0.206 e. The van der Waals surface area contributed by atoms with E-state index in [0.717, 1.165) is 0 Å². The minimum atomic E-state index is -3.60. The van der Waals surface area contributed by atoms with Crippen molar-refractivity contribution in [1.29, 1.82) is 0 Å². The van der Waals surface area contributed by atoms with Gasteiger partial charge in [0.2, 0.25) is 9.84 Å². The molecule has 1 heterocycles. The highest BCUT2D eigenvalue weighted by Crippen LogP contribution is 2.39. The van der Waals surface area contributed by atoms with Crippen LogP contribution in [0.5, 0.6) is 0 Å². The molecule has 1 aliphatic rings. The highest BCUT2D eigenvalue weighted by molar-refractivity contribution is 7.96. The lowest BCUT2D eigenvalue weighted by atomic mass is 10.1. The molecule has 86 valence electrons. The monoisotopic (exact) mass is 258 g/mol. The van der Waals surface area contributed by atoms with Crippen LogP contribution in [0.1, 0.15) is 19.4 Å². The van der Waals surface area contributed by atoms with Crippen molar-refractivity contribution in [1.82, 2.24) is 0 Å². The first-order chi connectivity index (χ1) is 7.23. The Morgan fingerprint density at radius 1 is 1.31 bits per heavy atom. The van der Waals surface area contributed by atoms with Gasteiger partial charge < -0.3 is 5.11 Å². The number of halogens is 1. The minimum absolute atomic E-state index is 0.0114. The SMILES string of the molecule is CC(C)(O)C1=Cc2ccc(Cl)cc2S1(=O)=O. The number of fused-ring (bicyclic) bond motifs is 1. The third kappa shape index (κ3) is 1.67. The lowest BCUT2D eigenvalue weighted by Gasteiger charge is -2.18. The Morgan fingerprint density at radius 3 is 2.50 bits per heavy atom. The summed E-state index contributed by atoms with van der Waals surface area (Å²) in [4.78, 5) is 0.175. The second-order valence-corrected chi connectivity index (χ2v) is 6.58. The number of hydrogen-bond acceptors (Lipinski definition) is 3. The first kappa shape index (κ1) is 11.6. The summed E-state index contributed by atoms with van der Waals surface area (Å²) in [5.41, 5.74) is -0.814. The Morgan fingerprint density at radius 2 is 1.94 bits per heavy atom. The molecule has 1 aromatic carbocycles. The molecule has 0 saturated carbocycles. The van der Waals surface area contributed by atoms with Gasteiger partial charge in [0.1, 0.15) is 0 Å². The highest BCUT2D eigenvalue weighted by Gasteiger charge is 2.38. The predicted octanol–water partition coefficient (Wildman–Crippen LogP) is 2.24. The fourth-order valence-electron chi connectivity index (χ4n) is 1.70. The third-order valence-electron chi connectivity index (χ3n) is 2.44. The normalized spacial score (nSPS) is 18.1. The maximum absolute atomic E-state index is 12.1. The van der Waals surface area contributed by atoms with Crippen LogP contribution in [0.3, 0.4) is 0 Å². The van der Waals surface area contributed by atoms with E-state index in [9.17, 15) is 13.5 Å². The van der Waals surface area contributed by atoms with Crippen molar-refractivity contribution < 1.29 is 13.5 Å². The molecule has 2 rings (SSSR count). The van der Waals surface area contributed by atoms with Crippen molar-refractivity contribution in [3.05, 3.63) is 33.7 Å². The fraction of sp³-hybridized carbons (Fsp3) is 0.273. The molecule has 0 radical (unpaired) electrons. The van der Waals surface area contributed by atoms with Crippen LogP contribution in [0.2, 0.25) is 5.02 Å².